The minimum absolute atomic E-state index is 0.0352. The molecule has 3 heterocycles. The molecular formula is C18H17N3O2S. The number of carbonyl (C=O) groups excluding carboxylic acids is 1. The fourth-order valence-corrected chi connectivity index (χ4v) is 3.47. The fourth-order valence-electron chi connectivity index (χ4n) is 2.64. The lowest BCUT2D eigenvalue weighted by Gasteiger charge is -2.12. The average molecular weight is 339 g/mol. The number of amides is 1. The molecule has 1 unspecified atom stereocenters. The first kappa shape index (κ1) is 16.1. The molecule has 5 nitrogen and oxygen atoms in total. The second kappa shape index (κ2) is 6.77. The van der Waals surface area contributed by atoms with E-state index < -0.39 is 0 Å². The first-order valence-electron chi connectivity index (χ1n) is 7.60. The van der Waals surface area contributed by atoms with Gasteiger partial charge in [0.25, 0.3) is 5.91 Å². The van der Waals surface area contributed by atoms with E-state index in [-0.39, 0.29) is 17.5 Å². The summed E-state index contributed by atoms with van der Waals surface area (Å²) in [6.45, 7) is 3.65. The SMILES string of the molecule is Cc1oc(-n2cccc2)c(C#N)c1C(=O)NC(C)Cc1cccs1. The Balaban J connectivity index is 1.83. The van der Waals surface area contributed by atoms with Gasteiger partial charge in [-0.25, -0.2) is 0 Å². The third-order valence-electron chi connectivity index (χ3n) is 3.71. The smallest absolute Gasteiger partial charge is 0.256 e. The van der Waals surface area contributed by atoms with E-state index in [9.17, 15) is 10.1 Å². The van der Waals surface area contributed by atoms with Crippen molar-refractivity contribution < 1.29 is 9.21 Å². The van der Waals surface area contributed by atoms with Crippen LogP contribution in [0, 0.1) is 18.3 Å². The van der Waals surface area contributed by atoms with Gasteiger partial charge in [0.15, 0.2) is 0 Å². The van der Waals surface area contributed by atoms with Crippen LogP contribution in [0.3, 0.4) is 0 Å². The summed E-state index contributed by atoms with van der Waals surface area (Å²) in [5.41, 5.74) is 0.559. The summed E-state index contributed by atoms with van der Waals surface area (Å²) in [7, 11) is 0. The number of hydrogen-bond acceptors (Lipinski definition) is 4. The summed E-state index contributed by atoms with van der Waals surface area (Å²) in [6, 6.07) is 9.77. The Kier molecular flexibility index (Phi) is 4.54. The molecule has 0 radical (unpaired) electrons. The zero-order valence-electron chi connectivity index (χ0n) is 13.4. The van der Waals surface area contributed by atoms with Gasteiger partial charge < -0.3 is 9.73 Å². The molecule has 0 aromatic carbocycles. The minimum atomic E-state index is -0.282. The van der Waals surface area contributed by atoms with Crippen LogP contribution >= 0.6 is 11.3 Å². The van der Waals surface area contributed by atoms with E-state index >= 15 is 0 Å². The summed E-state index contributed by atoms with van der Waals surface area (Å²) in [5.74, 6) is 0.530. The largest absolute Gasteiger partial charge is 0.443 e. The van der Waals surface area contributed by atoms with Crippen molar-refractivity contribution in [2.45, 2.75) is 26.3 Å². The van der Waals surface area contributed by atoms with Crippen LogP contribution in [0.5, 0.6) is 0 Å². The number of hydrogen-bond donors (Lipinski definition) is 1. The highest BCUT2D eigenvalue weighted by Gasteiger charge is 2.25. The van der Waals surface area contributed by atoms with E-state index in [1.54, 1.807) is 35.2 Å². The van der Waals surface area contributed by atoms with Gasteiger partial charge in [-0.2, -0.15) is 5.26 Å². The standard InChI is InChI=1S/C18H17N3O2S/c1-12(10-14-6-5-9-24-14)20-17(22)16-13(2)23-18(15(16)11-19)21-7-3-4-8-21/h3-9,12H,10H2,1-2H3,(H,20,22). The van der Waals surface area contributed by atoms with Gasteiger partial charge in [-0.1, -0.05) is 6.07 Å². The predicted molar refractivity (Wildman–Crippen MR) is 92.4 cm³/mol. The number of nitrogens with zero attached hydrogens (tertiary/aromatic N) is 2. The number of nitriles is 1. The van der Waals surface area contributed by atoms with Gasteiger partial charge in [0, 0.05) is 29.7 Å². The number of rotatable bonds is 5. The zero-order valence-corrected chi connectivity index (χ0v) is 14.3. The van der Waals surface area contributed by atoms with Gasteiger partial charge >= 0.3 is 0 Å². The number of aromatic nitrogens is 1. The first-order valence-corrected chi connectivity index (χ1v) is 8.48. The molecule has 3 rings (SSSR count). The lowest BCUT2D eigenvalue weighted by Crippen LogP contribution is -2.34. The molecule has 0 fully saturated rings. The maximum Gasteiger partial charge on any atom is 0.256 e. The highest BCUT2D eigenvalue weighted by Crippen LogP contribution is 2.25. The van der Waals surface area contributed by atoms with Crippen LogP contribution < -0.4 is 5.32 Å². The minimum Gasteiger partial charge on any atom is -0.443 e. The van der Waals surface area contributed by atoms with Crippen LogP contribution in [-0.4, -0.2) is 16.5 Å². The van der Waals surface area contributed by atoms with Crippen LogP contribution in [0.15, 0.2) is 46.5 Å². The highest BCUT2D eigenvalue weighted by atomic mass is 32.1. The molecule has 3 aromatic heterocycles. The second-order valence-corrected chi connectivity index (χ2v) is 6.61. The van der Waals surface area contributed by atoms with Crippen LogP contribution in [0.25, 0.3) is 5.88 Å². The molecule has 1 N–H and O–H groups in total. The third kappa shape index (κ3) is 3.12. The lowest BCUT2D eigenvalue weighted by molar-refractivity contribution is 0.0938. The quantitative estimate of drug-likeness (QED) is 0.771. The molecule has 0 aliphatic rings. The molecule has 1 amide bonds. The zero-order chi connectivity index (χ0) is 17.1. The molecule has 0 spiro atoms. The number of nitrogens with one attached hydrogen (secondary N) is 1. The molecule has 122 valence electrons. The van der Waals surface area contributed by atoms with Gasteiger partial charge in [0.2, 0.25) is 5.88 Å². The maximum absolute atomic E-state index is 12.6. The van der Waals surface area contributed by atoms with Crippen molar-refractivity contribution in [2.24, 2.45) is 0 Å². The normalized spacial score (nSPS) is 11.9. The Morgan fingerprint density at radius 1 is 1.42 bits per heavy atom. The molecule has 0 saturated heterocycles. The van der Waals surface area contributed by atoms with Crippen molar-refractivity contribution >= 4 is 17.2 Å². The first-order chi connectivity index (χ1) is 11.6. The van der Waals surface area contributed by atoms with Crippen molar-refractivity contribution in [3.05, 3.63) is 63.8 Å². The molecule has 0 bridgehead atoms. The number of carbonyl (C=O) groups is 1. The fraction of sp³-hybridized carbons (Fsp3) is 0.222. The highest BCUT2D eigenvalue weighted by molar-refractivity contribution is 7.09. The van der Waals surface area contributed by atoms with Crippen molar-refractivity contribution in [3.63, 3.8) is 0 Å². The summed E-state index contributed by atoms with van der Waals surface area (Å²) in [6.07, 6.45) is 4.31. The van der Waals surface area contributed by atoms with E-state index in [0.29, 0.717) is 17.2 Å². The van der Waals surface area contributed by atoms with Gasteiger partial charge in [0.1, 0.15) is 23.0 Å². The van der Waals surface area contributed by atoms with Crippen LogP contribution in [0.2, 0.25) is 0 Å². The van der Waals surface area contributed by atoms with Crippen molar-refractivity contribution in [1.29, 1.82) is 5.26 Å². The molecule has 1 atom stereocenters. The maximum atomic E-state index is 12.6. The monoisotopic (exact) mass is 339 g/mol. The number of aryl methyl sites for hydroxylation is 1. The molecule has 0 aliphatic heterocycles. The van der Waals surface area contributed by atoms with Crippen LogP contribution in [0.1, 0.15) is 33.5 Å². The van der Waals surface area contributed by atoms with E-state index in [2.05, 4.69) is 11.4 Å². The topological polar surface area (TPSA) is 71.0 Å². The summed E-state index contributed by atoms with van der Waals surface area (Å²) in [4.78, 5) is 13.8. The average Bonchev–Trinajstić information content (AvgIpc) is 3.26. The molecule has 6 heteroatoms. The summed E-state index contributed by atoms with van der Waals surface area (Å²) >= 11 is 1.66. The summed E-state index contributed by atoms with van der Waals surface area (Å²) < 4.78 is 7.36. The molecule has 24 heavy (non-hydrogen) atoms. The van der Waals surface area contributed by atoms with Gasteiger partial charge in [-0.3, -0.25) is 9.36 Å². The number of thiophene rings is 1. The van der Waals surface area contributed by atoms with E-state index in [1.807, 2.05) is 36.6 Å². The lowest BCUT2D eigenvalue weighted by atomic mass is 10.1. The molecular weight excluding hydrogens is 322 g/mol. The van der Waals surface area contributed by atoms with Crippen molar-refractivity contribution in [3.8, 4) is 12.0 Å². The number of furan rings is 1. The van der Waals surface area contributed by atoms with Crippen molar-refractivity contribution in [2.75, 3.05) is 0 Å². The van der Waals surface area contributed by atoms with E-state index in [0.717, 1.165) is 6.42 Å². The third-order valence-corrected chi connectivity index (χ3v) is 4.61. The second-order valence-electron chi connectivity index (χ2n) is 5.57. The van der Waals surface area contributed by atoms with Gasteiger partial charge in [-0.15, -0.1) is 11.3 Å². The molecule has 0 saturated carbocycles. The van der Waals surface area contributed by atoms with Crippen molar-refractivity contribution in [1.82, 2.24) is 9.88 Å². The van der Waals surface area contributed by atoms with Gasteiger partial charge in [0.05, 0.1) is 0 Å². The Hall–Kier alpha value is -2.78. The van der Waals surface area contributed by atoms with Crippen LogP contribution in [-0.2, 0) is 6.42 Å². The summed E-state index contributed by atoms with van der Waals surface area (Å²) in [5, 5.41) is 14.5. The Bertz CT molecular complexity index is 870. The van der Waals surface area contributed by atoms with Gasteiger partial charge in [-0.05, 0) is 37.4 Å². The van der Waals surface area contributed by atoms with E-state index in [1.165, 1.54) is 4.88 Å². The molecule has 3 aromatic rings. The molecule has 0 aliphatic carbocycles. The Morgan fingerprint density at radius 3 is 2.79 bits per heavy atom. The van der Waals surface area contributed by atoms with E-state index in [4.69, 9.17) is 4.42 Å². The predicted octanol–water partition coefficient (Wildman–Crippen LogP) is 3.67. The Labute approximate surface area is 144 Å². The van der Waals surface area contributed by atoms with Crippen LogP contribution in [0.4, 0.5) is 0 Å². The Morgan fingerprint density at radius 2 is 2.17 bits per heavy atom.